The van der Waals surface area contributed by atoms with Gasteiger partial charge in [0, 0.05) is 19.2 Å². The first-order chi connectivity index (χ1) is 12.2. The van der Waals surface area contributed by atoms with Gasteiger partial charge in [0.25, 0.3) is 5.91 Å². The van der Waals surface area contributed by atoms with Crippen LogP contribution in [-0.2, 0) is 16.8 Å². The predicted octanol–water partition coefficient (Wildman–Crippen LogP) is 4.79. The summed E-state index contributed by atoms with van der Waals surface area (Å²) in [5, 5.41) is 0. The molecule has 0 saturated carbocycles. The molecule has 0 aliphatic heterocycles. The Kier molecular flexibility index (Phi) is 6.70. The fraction of sp³-hybridized carbons (Fsp3) is 0.381. The van der Waals surface area contributed by atoms with Crippen LogP contribution in [0.1, 0.15) is 31.9 Å². The fourth-order valence-electron chi connectivity index (χ4n) is 2.51. The van der Waals surface area contributed by atoms with Crippen molar-refractivity contribution in [2.75, 3.05) is 20.8 Å². The van der Waals surface area contributed by atoms with Gasteiger partial charge in [0.15, 0.2) is 6.61 Å². The summed E-state index contributed by atoms with van der Waals surface area (Å²) in [5.41, 5.74) is 2.23. The molecule has 2 aromatic carbocycles. The Morgan fingerprint density at radius 2 is 1.81 bits per heavy atom. The van der Waals surface area contributed by atoms with Crippen molar-refractivity contribution in [3.05, 3.63) is 58.1 Å². The number of methoxy groups -OCH3 is 1. The van der Waals surface area contributed by atoms with Crippen LogP contribution in [0.5, 0.6) is 11.5 Å². The summed E-state index contributed by atoms with van der Waals surface area (Å²) < 4.78 is 11.9. The van der Waals surface area contributed by atoms with Crippen LogP contribution < -0.4 is 9.47 Å². The lowest BCUT2D eigenvalue weighted by Gasteiger charge is -2.21. The number of carbonyl (C=O) groups excluding carboxylic acids is 1. The van der Waals surface area contributed by atoms with E-state index < -0.39 is 0 Å². The molecule has 26 heavy (non-hydrogen) atoms. The Morgan fingerprint density at radius 3 is 2.42 bits per heavy atom. The highest BCUT2D eigenvalue weighted by Gasteiger charge is 2.17. The Labute approximate surface area is 164 Å². The van der Waals surface area contributed by atoms with Crippen molar-refractivity contribution in [1.29, 1.82) is 0 Å². The quantitative estimate of drug-likeness (QED) is 0.675. The van der Waals surface area contributed by atoms with E-state index in [1.54, 1.807) is 19.1 Å². The second kappa shape index (κ2) is 8.58. The molecule has 5 heteroatoms. The Hall–Kier alpha value is -2.01. The van der Waals surface area contributed by atoms with Crippen LogP contribution in [-0.4, -0.2) is 31.6 Å². The third-order valence-electron chi connectivity index (χ3n) is 4.17. The van der Waals surface area contributed by atoms with Gasteiger partial charge in [0.1, 0.15) is 11.5 Å². The normalized spacial score (nSPS) is 11.2. The predicted molar refractivity (Wildman–Crippen MR) is 108 cm³/mol. The minimum Gasteiger partial charge on any atom is -0.496 e. The molecule has 2 aromatic rings. The molecule has 0 aromatic heterocycles. The van der Waals surface area contributed by atoms with E-state index >= 15 is 0 Å². The van der Waals surface area contributed by atoms with E-state index in [9.17, 15) is 4.79 Å². The van der Waals surface area contributed by atoms with Crippen molar-refractivity contribution in [3.8, 4) is 11.5 Å². The molecule has 1 amide bonds. The third kappa shape index (κ3) is 5.24. The Balaban J connectivity index is 1.98. The first-order valence-corrected chi connectivity index (χ1v) is 9.30. The Morgan fingerprint density at radius 1 is 1.12 bits per heavy atom. The molecule has 0 N–H and O–H groups in total. The SMILES string of the molecule is COc1ccccc1CN(C)C(=O)COc1ccc(C(C)(C)C)cc1Br. The lowest BCUT2D eigenvalue weighted by Crippen LogP contribution is -2.31. The molecule has 4 nitrogen and oxygen atoms in total. The summed E-state index contributed by atoms with van der Waals surface area (Å²) in [7, 11) is 3.39. The lowest BCUT2D eigenvalue weighted by molar-refractivity contribution is -0.132. The van der Waals surface area contributed by atoms with Crippen LogP contribution in [0.2, 0.25) is 0 Å². The van der Waals surface area contributed by atoms with Gasteiger partial charge in [-0.25, -0.2) is 0 Å². The molecule has 0 saturated heterocycles. The van der Waals surface area contributed by atoms with Crippen molar-refractivity contribution in [2.24, 2.45) is 0 Å². The zero-order valence-electron chi connectivity index (χ0n) is 16.0. The molecule has 140 valence electrons. The van der Waals surface area contributed by atoms with Gasteiger partial charge >= 0.3 is 0 Å². The number of hydrogen-bond donors (Lipinski definition) is 0. The first-order valence-electron chi connectivity index (χ1n) is 8.51. The summed E-state index contributed by atoms with van der Waals surface area (Å²) in [4.78, 5) is 14.0. The van der Waals surface area contributed by atoms with Crippen molar-refractivity contribution in [3.63, 3.8) is 0 Å². The van der Waals surface area contributed by atoms with Gasteiger partial charge in [-0.2, -0.15) is 0 Å². The summed E-state index contributed by atoms with van der Waals surface area (Å²) in [5.74, 6) is 1.34. The second-order valence-electron chi connectivity index (χ2n) is 7.25. The maximum absolute atomic E-state index is 12.4. The van der Waals surface area contributed by atoms with Gasteiger partial charge in [-0.05, 0) is 45.1 Å². The maximum Gasteiger partial charge on any atom is 0.260 e. The van der Waals surface area contributed by atoms with Gasteiger partial charge < -0.3 is 14.4 Å². The molecule has 2 rings (SSSR count). The maximum atomic E-state index is 12.4. The largest absolute Gasteiger partial charge is 0.496 e. The minimum atomic E-state index is -0.0947. The second-order valence-corrected chi connectivity index (χ2v) is 8.10. The number of hydrogen-bond acceptors (Lipinski definition) is 3. The minimum absolute atomic E-state index is 0.0148. The van der Waals surface area contributed by atoms with Crippen molar-refractivity contribution in [1.82, 2.24) is 4.90 Å². The molecule has 0 unspecified atom stereocenters. The highest BCUT2D eigenvalue weighted by atomic mass is 79.9. The molecule has 0 spiro atoms. The standard InChI is InChI=1S/C21H26BrNO3/c1-21(2,3)16-10-11-19(17(22)12-16)26-14-20(24)23(4)13-15-8-6-7-9-18(15)25-5/h6-12H,13-14H2,1-5H3. The molecule has 0 radical (unpaired) electrons. The van der Waals surface area contributed by atoms with Crippen LogP contribution in [0.4, 0.5) is 0 Å². The number of ether oxygens (including phenoxy) is 2. The van der Waals surface area contributed by atoms with Crippen LogP contribution in [0.3, 0.4) is 0 Å². The van der Waals surface area contributed by atoms with E-state index in [2.05, 4.69) is 36.7 Å². The van der Waals surface area contributed by atoms with Crippen LogP contribution in [0.25, 0.3) is 0 Å². The number of nitrogens with zero attached hydrogens (tertiary/aromatic N) is 1. The molecule has 0 heterocycles. The fourth-order valence-corrected chi connectivity index (χ4v) is 3.00. The van der Waals surface area contributed by atoms with Gasteiger partial charge in [-0.15, -0.1) is 0 Å². The number of halogens is 1. The van der Waals surface area contributed by atoms with E-state index in [1.165, 1.54) is 5.56 Å². The van der Waals surface area contributed by atoms with E-state index in [4.69, 9.17) is 9.47 Å². The molecule has 0 atom stereocenters. The van der Waals surface area contributed by atoms with Gasteiger partial charge in [0.05, 0.1) is 11.6 Å². The van der Waals surface area contributed by atoms with E-state index in [1.807, 2.05) is 42.5 Å². The average Bonchev–Trinajstić information content (AvgIpc) is 2.59. The topological polar surface area (TPSA) is 38.8 Å². The number of amides is 1. The Bertz CT molecular complexity index is 768. The van der Waals surface area contributed by atoms with Crippen LogP contribution >= 0.6 is 15.9 Å². The smallest absolute Gasteiger partial charge is 0.260 e. The van der Waals surface area contributed by atoms with E-state index in [0.717, 1.165) is 15.8 Å². The lowest BCUT2D eigenvalue weighted by atomic mass is 9.87. The highest BCUT2D eigenvalue weighted by Crippen LogP contribution is 2.31. The van der Waals surface area contributed by atoms with Crippen LogP contribution in [0, 0.1) is 0 Å². The zero-order chi connectivity index (χ0) is 19.3. The van der Waals surface area contributed by atoms with Crippen molar-refractivity contribution < 1.29 is 14.3 Å². The van der Waals surface area contributed by atoms with Gasteiger partial charge in [-0.1, -0.05) is 45.0 Å². The summed E-state index contributed by atoms with van der Waals surface area (Å²) in [6.07, 6.45) is 0. The average molecular weight is 420 g/mol. The summed E-state index contributed by atoms with van der Waals surface area (Å²) in [6.45, 7) is 6.93. The van der Waals surface area contributed by atoms with Crippen molar-refractivity contribution >= 4 is 21.8 Å². The number of likely N-dealkylation sites (N-methyl/N-ethyl adjacent to an activating group) is 1. The molecular weight excluding hydrogens is 394 g/mol. The van der Waals surface area contributed by atoms with Crippen molar-refractivity contribution in [2.45, 2.75) is 32.7 Å². The molecule has 0 aliphatic rings. The number of para-hydroxylation sites is 1. The number of rotatable bonds is 6. The van der Waals surface area contributed by atoms with Crippen LogP contribution in [0.15, 0.2) is 46.9 Å². The zero-order valence-corrected chi connectivity index (χ0v) is 17.6. The summed E-state index contributed by atoms with van der Waals surface area (Å²) in [6, 6.07) is 13.6. The highest BCUT2D eigenvalue weighted by molar-refractivity contribution is 9.10. The van der Waals surface area contributed by atoms with E-state index in [0.29, 0.717) is 12.3 Å². The number of carbonyl (C=O) groups is 1. The van der Waals surface area contributed by atoms with E-state index in [-0.39, 0.29) is 17.9 Å². The first kappa shape index (κ1) is 20.3. The summed E-state index contributed by atoms with van der Waals surface area (Å²) >= 11 is 3.53. The number of benzene rings is 2. The molecule has 0 aliphatic carbocycles. The van der Waals surface area contributed by atoms with Gasteiger partial charge in [0.2, 0.25) is 0 Å². The molecular formula is C21H26BrNO3. The monoisotopic (exact) mass is 419 g/mol. The van der Waals surface area contributed by atoms with Gasteiger partial charge in [-0.3, -0.25) is 4.79 Å². The third-order valence-corrected chi connectivity index (χ3v) is 4.79. The molecule has 0 fully saturated rings. The molecule has 0 bridgehead atoms.